The summed E-state index contributed by atoms with van der Waals surface area (Å²) in [4.78, 5) is 21.1. The van der Waals surface area contributed by atoms with Gasteiger partial charge in [-0.1, -0.05) is 168 Å². The van der Waals surface area contributed by atoms with Crippen molar-refractivity contribution in [3.8, 4) is 33.6 Å². The van der Waals surface area contributed by atoms with Crippen LogP contribution in [0.1, 0.15) is 128 Å². The maximum absolute atomic E-state index is 5.26. The molecule has 0 amide bonds. The molecule has 0 unspecified atom stereocenters. The molecule has 2 aliphatic heterocycles. The summed E-state index contributed by atoms with van der Waals surface area (Å²) in [7, 11) is 0. The Morgan fingerprint density at radius 1 is 0.329 bits per heavy atom. The molecule has 0 fully saturated rings. The Morgan fingerprint density at radius 2 is 0.633 bits per heavy atom. The Balaban J connectivity index is 0.00000623. The van der Waals surface area contributed by atoms with Gasteiger partial charge in [0.2, 0.25) is 0 Å². The first-order valence-electron chi connectivity index (χ1n) is 27.5. The Kier molecular flexibility index (Phi) is 12.2. The van der Waals surface area contributed by atoms with Crippen LogP contribution < -0.4 is 9.97 Å². The fraction of sp³-hybridized carbons (Fsp3) is 0.222. The summed E-state index contributed by atoms with van der Waals surface area (Å²) in [6.07, 6.45) is 8.38. The van der Waals surface area contributed by atoms with Crippen LogP contribution in [0.3, 0.4) is 0 Å². The average Bonchev–Trinajstić information content (AvgIpc) is 4.46. The zero-order valence-corrected chi connectivity index (χ0v) is 50.7. The summed E-state index contributed by atoms with van der Waals surface area (Å²) in [6, 6.07) is 58.3. The molecule has 11 aromatic rings. The van der Waals surface area contributed by atoms with Gasteiger partial charge < -0.3 is 19.1 Å². The predicted octanol–water partition coefficient (Wildman–Crippen LogP) is 18.6. The van der Waals surface area contributed by atoms with E-state index in [0.29, 0.717) is 0 Å². The zero-order valence-electron chi connectivity index (χ0n) is 47.7. The van der Waals surface area contributed by atoms with Crippen molar-refractivity contribution in [2.75, 3.05) is 0 Å². The van der Waals surface area contributed by atoms with Crippen LogP contribution in [-0.4, -0.2) is 19.1 Å². The molecule has 0 N–H and O–H groups in total. The molecular formula is C72H66N6Zn. The van der Waals surface area contributed by atoms with E-state index in [4.69, 9.17) is 19.9 Å². The van der Waals surface area contributed by atoms with Gasteiger partial charge in [-0.3, -0.25) is 0 Å². The minimum atomic E-state index is 0. The SMILES string of the molecule is CC(C)(C)c1ccc2c(c1)c1cc(C(C)(C)C)ccc1n2-c1ccc(-c2c3nc(cc4ccc([n-]4)c(-c4ccc(-n5c6ccc(C(C)(C)C)cc6c6cc(C(C)(C)C)ccc65)cc4)c4nc(cc5ccc2[n-]5)C=C4)C=C3)cc1.[Zn+2]. The molecule has 0 aliphatic carbocycles. The third-order valence-corrected chi connectivity index (χ3v) is 16.1. The second-order valence-corrected chi connectivity index (χ2v) is 25.8. The van der Waals surface area contributed by atoms with Crippen LogP contribution >= 0.6 is 0 Å². The molecule has 8 bridgehead atoms. The average molecular weight is 1080 g/mol. The normalized spacial score (nSPS) is 13.1. The zero-order chi connectivity index (χ0) is 54.2. The largest absolute Gasteiger partial charge is 2.00 e. The molecule has 13 rings (SSSR count). The minimum Gasteiger partial charge on any atom is -0.657 e. The van der Waals surface area contributed by atoms with Crippen LogP contribution in [0.2, 0.25) is 0 Å². The van der Waals surface area contributed by atoms with Crippen LogP contribution in [-0.2, 0) is 41.1 Å². The molecule has 0 saturated carbocycles. The van der Waals surface area contributed by atoms with E-state index in [1.54, 1.807) is 0 Å². The van der Waals surface area contributed by atoms with E-state index in [0.717, 1.165) is 78.5 Å². The van der Waals surface area contributed by atoms with Gasteiger partial charge in [0.05, 0.1) is 44.8 Å². The van der Waals surface area contributed by atoms with Gasteiger partial charge in [-0.2, -0.15) is 0 Å². The number of nitrogens with zero attached hydrogens (tertiary/aromatic N) is 6. The van der Waals surface area contributed by atoms with E-state index >= 15 is 0 Å². The summed E-state index contributed by atoms with van der Waals surface area (Å²) >= 11 is 0. The van der Waals surface area contributed by atoms with Crippen molar-refractivity contribution in [3.63, 3.8) is 0 Å². The maximum atomic E-state index is 5.26. The number of benzene rings is 6. The molecular weight excluding hydrogens is 1010 g/mol. The molecule has 7 heteroatoms. The van der Waals surface area contributed by atoms with Gasteiger partial charge in [0.15, 0.2) is 0 Å². The van der Waals surface area contributed by atoms with Gasteiger partial charge in [-0.05, 0) is 163 Å². The summed E-state index contributed by atoms with van der Waals surface area (Å²) in [5, 5.41) is 5.10. The first kappa shape index (κ1) is 51.9. The van der Waals surface area contributed by atoms with Gasteiger partial charge in [-0.15, -0.1) is 22.1 Å². The van der Waals surface area contributed by atoms with E-state index < -0.39 is 0 Å². The van der Waals surface area contributed by atoms with Crippen molar-refractivity contribution in [2.45, 2.75) is 105 Å². The fourth-order valence-corrected chi connectivity index (χ4v) is 11.6. The third kappa shape index (κ3) is 9.20. The number of hydrogen-bond acceptors (Lipinski definition) is 2. The number of rotatable bonds is 4. The van der Waals surface area contributed by atoms with Crippen LogP contribution in [0, 0.1) is 0 Å². The van der Waals surface area contributed by atoms with Crippen LogP contribution in [0.4, 0.5) is 0 Å². The second kappa shape index (κ2) is 18.6. The quantitative estimate of drug-likeness (QED) is 0.165. The minimum absolute atomic E-state index is 0. The van der Waals surface area contributed by atoms with Gasteiger partial charge in [0.1, 0.15) is 0 Å². The summed E-state index contributed by atoms with van der Waals surface area (Å²) in [5.74, 6) is 0. The standard InChI is InChI=1S/C72H66N6.Zn/c1-69(2,3)45-17-33-63-55(37-45)56-38-46(70(4,5)6)18-34-64(56)77(63)53-25-13-43(14-26-53)67-59-29-21-49(73-59)41-51-23-31-61(75-51)68(62-32-24-52(76-62)42-50-22-30-60(67)74-50)44-15-27-54(28-16-44)78-65-35-19-47(71(7,8)9)39-57(65)58-40-48(72(10,11)12)20-36-66(58)78;/h13-42H,1-12H3;/q-2;+2. The first-order chi connectivity index (χ1) is 37.1. The number of fused-ring (bicyclic) bond motifs is 14. The predicted molar refractivity (Wildman–Crippen MR) is 331 cm³/mol. The van der Waals surface area contributed by atoms with Crippen molar-refractivity contribution in [1.29, 1.82) is 0 Å². The van der Waals surface area contributed by atoms with Crippen molar-refractivity contribution >= 4 is 90.0 Å². The van der Waals surface area contributed by atoms with E-state index in [1.807, 2.05) is 0 Å². The van der Waals surface area contributed by atoms with Gasteiger partial charge in [0.25, 0.3) is 0 Å². The van der Waals surface area contributed by atoms with Crippen LogP contribution in [0.5, 0.6) is 0 Å². The van der Waals surface area contributed by atoms with Gasteiger partial charge >= 0.3 is 19.5 Å². The molecule has 7 heterocycles. The monoisotopic (exact) mass is 1080 g/mol. The molecule has 79 heavy (non-hydrogen) atoms. The molecule has 0 atom stereocenters. The molecule has 6 aromatic carbocycles. The third-order valence-electron chi connectivity index (χ3n) is 16.1. The Labute approximate surface area is 476 Å². The molecule has 0 radical (unpaired) electrons. The molecule has 0 saturated heterocycles. The second-order valence-electron chi connectivity index (χ2n) is 25.8. The molecule has 6 nitrogen and oxygen atoms in total. The molecule has 5 aromatic heterocycles. The van der Waals surface area contributed by atoms with Crippen molar-refractivity contribution in [3.05, 3.63) is 203 Å². The van der Waals surface area contributed by atoms with Crippen molar-refractivity contribution < 1.29 is 19.5 Å². The summed E-state index contributed by atoms with van der Waals surface area (Å²) in [5.41, 5.74) is 23.2. The smallest absolute Gasteiger partial charge is 0.657 e. The maximum Gasteiger partial charge on any atom is 2.00 e. The van der Waals surface area contributed by atoms with Gasteiger partial charge in [-0.25, -0.2) is 9.97 Å². The van der Waals surface area contributed by atoms with E-state index in [1.165, 1.54) is 65.9 Å². The summed E-state index contributed by atoms with van der Waals surface area (Å²) < 4.78 is 4.82. The summed E-state index contributed by atoms with van der Waals surface area (Å²) in [6.45, 7) is 27.5. The Bertz CT molecular complexity index is 4070. The molecule has 0 spiro atoms. The van der Waals surface area contributed by atoms with Crippen molar-refractivity contribution in [2.24, 2.45) is 0 Å². The first-order valence-corrected chi connectivity index (χ1v) is 27.5. The van der Waals surface area contributed by atoms with E-state index in [9.17, 15) is 0 Å². The van der Waals surface area contributed by atoms with Crippen LogP contribution in [0.15, 0.2) is 158 Å². The number of hydrogen-bond donors (Lipinski definition) is 0. The topological polar surface area (TPSA) is 63.8 Å². The van der Waals surface area contributed by atoms with E-state index in [-0.39, 0.29) is 41.1 Å². The number of aromatic nitrogens is 6. The fourth-order valence-electron chi connectivity index (χ4n) is 11.6. The van der Waals surface area contributed by atoms with Crippen LogP contribution in [0.25, 0.3) is 124 Å². The Morgan fingerprint density at radius 3 is 0.924 bits per heavy atom. The van der Waals surface area contributed by atoms with Gasteiger partial charge in [0, 0.05) is 32.9 Å². The Hall–Kier alpha value is -7.86. The molecule has 2 aliphatic rings. The van der Waals surface area contributed by atoms with Crippen molar-refractivity contribution in [1.82, 2.24) is 29.1 Å². The molecule has 386 valence electrons. The van der Waals surface area contributed by atoms with E-state index in [2.05, 4.69) is 274 Å².